The van der Waals surface area contributed by atoms with Crippen LogP contribution in [0.2, 0.25) is 0 Å². The summed E-state index contributed by atoms with van der Waals surface area (Å²) in [6.07, 6.45) is 0. The van der Waals surface area contributed by atoms with Crippen molar-refractivity contribution in [1.29, 1.82) is 0 Å². The summed E-state index contributed by atoms with van der Waals surface area (Å²) in [5, 5.41) is 3.16. The summed E-state index contributed by atoms with van der Waals surface area (Å²) in [7, 11) is 0. The normalized spacial score (nSPS) is 15.7. The van der Waals surface area contributed by atoms with Gasteiger partial charge in [0.2, 0.25) is 11.8 Å². The van der Waals surface area contributed by atoms with Crippen LogP contribution in [0.25, 0.3) is 0 Å². The van der Waals surface area contributed by atoms with E-state index in [1.807, 2.05) is 4.90 Å². The highest BCUT2D eigenvalue weighted by molar-refractivity contribution is 5.94. The number of carbonyl (C=O) groups excluding carboxylic acids is 2. The Hall–Kier alpha value is -1.88. The van der Waals surface area contributed by atoms with E-state index in [4.69, 9.17) is 0 Å². The quantitative estimate of drug-likeness (QED) is 0.892. The van der Waals surface area contributed by atoms with E-state index in [0.29, 0.717) is 31.5 Å². The summed E-state index contributed by atoms with van der Waals surface area (Å²) in [5.74, 6) is 0.837. The lowest BCUT2D eigenvalue weighted by Gasteiger charge is -2.33. The molecule has 138 valence electrons. The SMILES string of the molecule is CC(=O)N1CCN(CC(=O)Nc2c(C(C)C)cccc2C(C)C)CC1. The molecule has 25 heavy (non-hydrogen) atoms. The van der Waals surface area contributed by atoms with E-state index < -0.39 is 0 Å². The minimum Gasteiger partial charge on any atom is -0.340 e. The molecule has 5 nitrogen and oxygen atoms in total. The number of rotatable bonds is 5. The van der Waals surface area contributed by atoms with Gasteiger partial charge in [-0.3, -0.25) is 14.5 Å². The molecule has 0 aliphatic carbocycles. The zero-order valence-electron chi connectivity index (χ0n) is 16.1. The van der Waals surface area contributed by atoms with Gasteiger partial charge in [-0.15, -0.1) is 0 Å². The van der Waals surface area contributed by atoms with Crippen LogP contribution >= 0.6 is 0 Å². The number of carbonyl (C=O) groups is 2. The molecule has 0 spiro atoms. The molecule has 0 aromatic heterocycles. The molecule has 1 N–H and O–H groups in total. The van der Waals surface area contributed by atoms with Crippen molar-refractivity contribution in [3.8, 4) is 0 Å². The molecule has 0 atom stereocenters. The minimum atomic E-state index is 0.0197. The van der Waals surface area contributed by atoms with E-state index in [1.165, 1.54) is 11.1 Å². The van der Waals surface area contributed by atoms with Crippen molar-refractivity contribution < 1.29 is 9.59 Å². The van der Waals surface area contributed by atoms with Gasteiger partial charge in [0.15, 0.2) is 0 Å². The van der Waals surface area contributed by atoms with Gasteiger partial charge < -0.3 is 10.2 Å². The summed E-state index contributed by atoms with van der Waals surface area (Å²) in [6, 6.07) is 6.26. The molecular weight excluding hydrogens is 314 g/mol. The Morgan fingerprint density at radius 1 is 1.00 bits per heavy atom. The number of nitrogens with zero attached hydrogens (tertiary/aromatic N) is 2. The maximum absolute atomic E-state index is 12.6. The third-order valence-corrected chi connectivity index (χ3v) is 4.82. The van der Waals surface area contributed by atoms with Gasteiger partial charge in [-0.25, -0.2) is 0 Å². The number of hydrogen-bond acceptors (Lipinski definition) is 3. The standard InChI is InChI=1S/C20H31N3O2/c1-14(2)17-7-6-8-18(15(3)4)20(17)21-19(25)13-22-9-11-23(12-10-22)16(5)24/h6-8,14-15H,9-13H2,1-5H3,(H,21,25). The minimum absolute atomic E-state index is 0.0197. The van der Waals surface area contributed by atoms with Crippen molar-refractivity contribution in [2.24, 2.45) is 0 Å². The van der Waals surface area contributed by atoms with Gasteiger partial charge in [-0.05, 0) is 23.0 Å². The maximum Gasteiger partial charge on any atom is 0.238 e. The maximum atomic E-state index is 12.6. The molecule has 2 amide bonds. The van der Waals surface area contributed by atoms with Crippen molar-refractivity contribution in [3.05, 3.63) is 29.3 Å². The number of benzene rings is 1. The Labute approximate surface area is 151 Å². The van der Waals surface area contributed by atoms with Crippen LogP contribution in [0.5, 0.6) is 0 Å². The molecule has 0 saturated carbocycles. The van der Waals surface area contributed by atoms with Gasteiger partial charge in [0.1, 0.15) is 0 Å². The number of anilines is 1. The van der Waals surface area contributed by atoms with E-state index >= 15 is 0 Å². The molecule has 1 aliphatic rings. The molecular formula is C20H31N3O2. The highest BCUT2D eigenvalue weighted by Gasteiger charge is 2.21. The molecule has 1 aromatic carbocycles. The topological polar surface area (TPSA) is 52.7 Å². The zero-order valence-corrected chi connectivity index (χ0v) is 16.1. The molecule has 0 bridgehead atoms. The van der Waals surface area contributed by atoms with E-state index in [1.54, 1.807) is 6.92 Å². The van der Waals surface area contributed by atoms with Crippen LogP contribution in [-0.2, 0) is 9.59 Å². The second-order valence-electron chi connectivity index (χ2n) is 7.45. The predicted octanol–water partition coefficient (Wildman–Crippen LogP) is 3.04. The second kappa shape index (κ2) is 8.48. The smallest absolute Gasteiger partial charge is 0.238 e. The Balaban J connectivity index is 2.04. The molecule has 1 aromatic rings. The van der Waals surface area contributed by atoms with Gasteiger partial charge in [-0.1, -0.05) is 45.9 Å². The third kappa shape index (κ3) is 5.05. The molecule has 0 unspecified atom stereocenters. The fourth-order valence-corrected chi connectivity index (χ4v) is 3.30. The van der Waals surface area contributed by atoms with Gasteiger partial charge in [0.25, 0.3) is 0 Å². The number of hydrogen-bond donors (Lipinski definition) is 1. The number of amides is 2. The van der Waals surface area contributed by atoms with Gasteiger partial charge in [0, 0.05) is 38.8 Å². The highest BCUT2D eigenvalue weighted by atomic mass is 16.2. The average molecular weight is 345 g/mol. The summed E-state index contributed by atoms with van der Waals surface area (Å²) in [5.41, 5.74) is 3.33. The summed E-state index contributed by atoms with van der Waals surface area (Å²) in [4.78, 5) is 28.0. The molecule has 2 rings (SSSR count). The van der Waals surface area contributed by atoms with E-state index in [0.717, 1.165) is 18.8 Å². The first-order valence-electron chi connectivity index (χ1n) is 9.20. The Kier molecular flexibility index (Phi) is 6.59. The van der Waals surface area contributed by atoms with E-state index in [-0.39, 0.29) is 11.8 Å². The Bertz CT molecular complexity index is 591. The van der Waals surface area contributed by atoms with E-state index in [2.05, 4.69) is 56.1 Å². The first kappa shape index (κ1) is 19.4. The molecule has 1 aliphatic heterocycles. The van der Waals surface area contributed by atoms with Gasteiger partial charge >= 0.3 is 0 Å². The Morgan fingerprint density at radius 2 is 1.52 bits per heavy atom. The predicted molar refractivity (Wildman–Crippen MR) is 102 cm³/mol. The lowest BCUT2D eigenvalue weighted by Crippen LogP contribution is -2.49. The van der Waals surface area contributed by atoms with Crippen molar-refractivity contribution in [2.45, 2.75) is 46.5 Å². The van der Waals surface area contributed by atoms with Crippen molar-refractivity contribution in [2.75, 3.05) is 38.0 Å². The monoisotopic (exact) mass is 345 g/mol. The zero-order chi connectivity index (χ0) is 18.6. The number of piperazine rings is 1. The van der Waals surface area contributed by atoms with Crippen LogP contribution in [0, 0.1) is 0 Å². The Morgan fingerprint density at radius 3 is 1.96 bits per heavy atom. The van der Waals surface area contributed by atoms with Gasteiger partial charge in [-0.2, -0.15) is 0 Å². The summed E-state index contributed by atoms with van der Waals surface area (Å²) >= 11 is 0. The summed E-state index contributed by atoms with van der Waals surface area (Å²) < 4.78 is 0. The molecule has 5 heteroatoms. The lowest BCUT2D eigenvalue weighted by atomic mass is 9.92. The fourth-order valence-electron chi connectivity index (χ4n) is 3.30. The fraction of sp³-hybridized carbons (Fsp3) is 0.600. The number of para-hydroxylation sites is 1. The van der Waals surface area contributed by atoms with Crippen LogP contribution in [0.1, 0.15) is 57.6 Å². The van der Waals surface area contributed by atoms with Crippen molar-refractivity contribution in [1.82, 2.24) is 9.80 Å². The molecule has 1 heterocycles. The molecule has 1 saturated heterocycles. The summed E-state index contributed by atoms with van der Waals surface area (Å²) in [6.45, 7) is 13.4. The largest absolute Gasteiger partial charge is 0.340 e. The highest BCUT2D eigenvalue weighted by Crippen LogP contribution is 2.32. The number of nitrogens with one attached hydrogen (secondary N) is 1. The van der Waals surface area contributed by atoms with Crippen LogP contribution < -0.4 is 5.32 Å². The van der Waals surface area contributed by atoms with E-state index in [9.17, 15) is 9.59 Å². The molecule has 0 radical (unpaired) electrons. The average Bonchev–Trinajstić information content (AvgIpc) is 2.54. The van der Waals surface area contributed by atoms with Crippen LogP contribution in [0.15, 0.2) is 18.2 Å². The second-order valence-corrected chi connectivity index (χ2v) is 7.45. The van der Waals surface area contributed by atoms with Crippen LogP contribution in [-0.4, -0.2) is 54.3 Å². The lowest BCUT2D eigenvalue weighted by molar-refractivity contribution is -0.130. The van der Waals surface area contributed by atoms with Gasteiger partial charge in [0.05, 0.1) is 6.54 Å². The third-order valence-electron chi connectivity index (χ3n) is 4.82. The molecule has 1 fully saturated rings. The van der Waals surface area contributed by atoms with Crippen LogP contribution in [0.3, 0.4) is 0 Å². The van der Waals surface area contributed by atoms with Crippen molar-refractivity contribution in [3.63, 3.8) is 0 Å². The first-order chi connectivity index (χ1) is 11.8. The first-order valence-corrected chi connectivity index (χ1v) is 9.20. The van der Waals surface area contributed by atoms with Crippen LogP contribution in [0.4, 0.5) is 5.69 Å². The van der Waals surface area contributed by atoms with Crippen molar-refractivity contribution >= 4 is 17.5 Å².